The van der Waals surface area contributed by atoms with Gasteiger partial charge in [0.2, 0.25) is 5.95 Å². The summed E-state index contributed by atoms with van der Waals surface area (Å²) in [5.41, 5.74) is 2.59. The zero-order chi connectivity index (χ0) is 18.8. The second-order valence-corrected chi connectivity index (χ2v) is 7.29. The molecule has 140 valence electrons. The average Bonchev–Trinajstić information content (AvgIpc) is 3.34. The van der Waals surface area contributed by atoms with E-state index < -0.39 is 0 Å². The number of rotatable bonds is 5. The lowest BCUT2D eigenvalue weighted by Crippen LogP contribution is -2.21. The van der Waals surface area contributed by atoms with E-state index >= 15 is 0 Å². The molecule has 0 radical (unpaired) electrons. The van der Waals surface area contributed by atoms with Gasteiger partial charge in [-0.15, -0.1) is 0 Å². The molecule has 0 saturated carbocycles. The van der Waals surface area contributed by atoms with Crippen molar-refractivity contribution in [3.63, 3.8) is 0 Å². The van der Waals surface area contributed by atoms with Gasteiger partial charge in [-0.05, 0) is 47.0 Å². The van der Waals surface area contributed by atoms with E-state index in [4.69, 9.17) is 34.8 Å². The van der Waals surface area contributed by atoms with Crippen LogP contribution in [0.15, 0.2) is 30.5 Å². The molecule has 3 heterocycles. The molecule has 1 saturated heterocycles. The number of anilines is 2. The van der Waals surface area contributed by atoms with Crippen molar-refractivity contribution in [2.75, 3.05) is 23.3 Å². The third kappa shape index (κ3) is 3.67. The van der Waals surface area contributed by atoms with E-state index in [1.165, 1.54) is 4.68 Å². The van der Waals surface area contributed by atoms with E-state index in [1.807, 2.05) is 6.07 Å². The summed E-state index contributed by atoms with van der Waals surface area (Å²) in [5.74, 6) is 0.458. The number of hydrogen-bond donors (Lipinski definition) is 1. The van der Waals surface area contributed by atoms with Gasteiger partial charge in [0, 0.05) is 25.8 Å². The Morgan fingerprint density at radius 1 is 1.07 bits per heavy atom. The predicted octanol–water partition coefficient (Wildman–Crippen LogP) is 4.23. The maximum atomic E-state index is 6.38. The molecule has 7 nitrogen and oxygen atoms in total. The van der Waals surface area contributed by atoms with Gasteiger partial charge >= 0.3 is 0 Å². The first-order valence-electron chi connectivity index (χ1n) is 8.50. The molecule has 27 heavy (non-hydrogen) atoms. The summed E-state index contributed by atoms with van der Waals surface area (Å²) in [5, 5.41) is 16.4. The predicted molar refractivity (Wildman–Crippen MR) is 107 cm³/mol. The minimum absolute atomic E-state index is 0.388. The van der Waals surface area contributed by atoms with Crippen molar-refractivity contribution in [3.05, 3.63) is 51.2 Å². The van der Waals surface area contributed by atoms with Gasteiger partial charge in [0.15, 0.2) is 5.15 Å². The maximum Gasteiger partial charge on any atom is 0.248 e. The molecule has 0 spiro atoms. The number of halogens is 3. The maximum absolute atomic E-state index is 6.38. The number of hydrogen-bond acceptors (Lipinski definition) is 6. The number of benzene rings is 1. The van der Waals surface area contributed by atoms with Gasteiger partial charge in [-0.2, -0.15) is 4.68 Å². The second-order valence-electron chi connectivity index (χ2n) is 6.14. The van der Waals surface area contributed by atoms with Gasteiger partial charge < -0.3 is 10.2 Å². The molecule has 4 rings (SSSR count). The van der Waals surface area contributed by atoms with Crippen LogP contribution in [0.25, 0.3) is 5.69 Å². The number of nitrogens with one attached hydrogen (secondary N) is 1. The first-order chi connectivity index (χ1) is 13.1. The zero-order valence-electron chi connectivity index (χ0n) is 14.2. The third-order valence-electron chi connectivity index (χ3n) is 4.45. The van der Waals surface area contributed by atoms with Gasteiger partial charge in [-0.25, -0.2) is 4.98 Å². The minimum Gasteiger partial charge on any atom is -0.369 e. The number of nitrogens with zero attached hydrogens (tertiary/aromatic N) is 6. The lowest BCUT2D eigenvalue weighted by Gasteiger charge is -2.22. The number of pyridine rings is 1. The monoisotopic (exact) mass is 423 g/mol. The molecule has 0 aliphatic carbocycles. The molecule has 10 heteroatoms. The van der Waals surface area contributed by atoms with Gasteiger partial charge in [0.1, 0.15) is 0 Å². The fourth-order valence-corrected chi connectivity index (χ4v) is 3.84. The Morgan fingerprint density at radius 2 is 1.89 bits per heavy atom. The van der Waals surface area contributed by atoms with Gasteiger partial charge in [-0.1, -0.05) is 46.0 Å². The SMILES string of the molecule is Clc1cccc(-n2nnnc2NCc2ccnc(Cl)c2N2CCCC2)c1Cl. The molecular formula is C17H16Cl3N7. The largest absolute Gasteiger partial charge is 0.369 e. The molecular weight excluding hydrogens is 409 g/mol. The first kappa shape index (κ1) is 18.3. The summed E-state index contributed by atoms with van der Waals surface area (Å²) in [7, 11) is 0. The molecule has 2 aromatic heterocycles. The minimum atomic E-state index is 0.388. The van der Waals surface area contributed by atoms with Crippen LogP contribution in [0.3, 0.4) is 0 Å². The van der Waals surface area contributed by atoms with Gasteiger partial charge in [0.25, 0.3) is 0 Å². The van der Waals surface area contributed by atoms with E-state index in [0.29, 0.717) is 33.4 Å². The molecule has 1 aromatic carbocycles. The summed E-state index contributed by atoms with van der Waals surface area (Å²) in [6.45, 7) is 2.45. The molecule has 1 N–H and O–H groups in total. The Balaban J connectivity index is 1.60. The highest BCUT2D eigenvalue weighted by atomic mass is 35.5. The van der Waals surface area contributed by atoms with Gasteiger partial charge in [-0.3, -0.25) is 0 Å². The molecule has 0 bridgehead atoms. The molecule has 3 aromatic rings. The summed E-state index contributed by atoms with van der Waals surface area (Å²) < 4.78 is 1.52. The second kappa shape index (κ2) is 7.88. The van der Waals surface area contributed by atoms with E-state index in [2.05, 4.69) is 30.7 Å². The summed E-state index contributed by atoms with van der Waals surface area (Å²) in [6.07, 6.45) is 4.02. The first-order valence-corrected chi connectivity index (χ1v) is 9.63. The van der Waals surface area contributed by atoms with Crippen LogP contribution in [0.2, 0.25) is 15.2 Å². The summed E-state index contributed by atoms with van der Waals surface area (Å²) in [6, 6.07) is 7.26. The highest BCUT2D eigenvalue weighted by Gasteiger charge is 2.20. The average molecular weight is 425 g/mol. The summed E-state index contributed by atoms with van der Waals surface area (Å²) >= 11 is 18.8. The Hall–Kier alpha value is -2.09. The highest BCUT2D eigenvalue weighted by Crippen LogP contribution is 2.32. The van der Waals surface area contributed by atoms with Crippen molar-refractivity contribution in [1.29, 1.82) is 0 Å². The van der Waals surface area contributed by atoms with Crippen LogP contribution >= 0.6 is 34.8 Å². The molecule has 1 fully saturated rings. The fraction of sp³-hybridized carbons (Fsp3) is 0.294. The van der Waals surface area contributed by atoms with E-state index in [-0.39, 0.29) is 0 Å². The zero-order valence-corrected chi connectivity index (χ0v) is 16.5. The van der Waals surface area contributed by atoms with Crippen LogP contribution < -0.4 is 10.2 Å². The van der Waals surface area contributed by atoms with Crippen LogP contribution in [0.5, 0.6) is 0 Å². The van der Waals surface area contributed by atoms with Gasteiger partial charge in [0.05, 0.1) is 21.4 Å². The van der Waals surface area contributed by atoms with E-state index in [9.17, 15) is 0 Å². The third-order valence-corrected chi connectivity index (χ3v) is 5.54. The van der Waals surface area contributed by atoms with Crippen molar-refractivity contribution < 1.29 is 0 Å². The molecule has 0 amide bonds. The van der Waals surface area contributed by atoms with Crippen LogP contribution in [0, 0.1) is 0 Å². The van der Waals surface area contributed by atoms with E-state index in [0.717, 1.165) is 37.2 Å². The van der Waals surface area contributed by atoms with Crippen molar-refractivity contribution >= 4 is 46.4 Å². The quantitative estimate of drug-likeness (QED) is 0.618. The molecule has 0 atom stereocenters. The Labute approximate surface area is 171 Å². The Morgan fingerprint density at radius 3 is 2.70 bits per heavy atom. The summed E-state index contributed by atoms with van der Waals surface area (Å²) in [4.78, 5) is 6.50. The van der Waals surface area contributed by atoms with Crippen molar-refractivity contribution in [2.45, 2.75) is 19.4 Å². The van der Waals surface area contributed by atoms with Crippen molar-refractivity contribution in [3.8, 4) is 5.69 Å². The van der Waals surface area contributed by atoms with Crippen molar-refractivity contribution in [2.24, 2.45) is 0 Å². The van der Waals surface area contributed by atoms with E-state index in [1.54, 1.807) is 24.4 Å². The lowest BCUT2D eigenvalue weighted by molar-refractivity contribution is 0.789. The molecule has 1 aliphatic rings. The highest BCUT2D eigenvalue weighted by molar-refractivity contribution is 6.43. The van der Waals surface area contributed by atoms with Crippen LogP contribution in [-0.2, 0) is 6.54 Å². The Bertz CT molecular complexity index is 953. The van der Waals surface area contributed by atoms with Crippen LogP contribution in [-0.4, -0.2) is 38.3 Å². The lowest BCUT2D eigenvalue weighted by atomic mass is 10.2. The smallest absolute Gasteiger partial charge is 0.248 e. The fourth-order valence-electron chi connectivity index (χ4n) is 3.17. The van der Waals surface area contributed by atoms with Crippen molar-refractivity contribution in [1.82, 2.24) is 25.2 Å². The molecule has 1 aliphatic heterocycles. The topological polar surface area (TPSA) is 71.8 Å². The molecule has 0 unspecified atom stereocenters. The normalized spacial score (nSPS) is 14.0. The number of tetrazole rings is 1. The number of aromatic nitrogens is 5. The van der Waals surface area contributed by atoms with Crippen LogP contribution in [0.4, 0.5) is 11.6 Å². The Kier molecular flexibility index (Phi) is 5.33. The standard InChI is InChI=1S/C17H16Cl3N7/c18-12-4-3-5-13(14(12)19)27-17(23-24-25-27)22-10-11-6-7-21-16(20)15(11)26-8-1-2-9-26/h3-7H,1-2,8-10H2,(H,22,23,25). The van der Waals surface area contributed by atoms with Crippen LogP contribution in [0.1, 0.15) is 18.4 Å².